The molecule has 2 rings (SSSR count). The Balaban J connectivity index is 0.000000570. The Hall–Kier alpha value is -1.91. The van der Waals surface area contributed by atoms with Gasteiger partial charge in [-0.25, -0.2) is 0 Å². The van der Waals surface area contributed by atoms with Crippen molar-refractivity contribution in [2.24, 2.45) is 0 Å². The predicted molar refractivity (Wildman–Crippen MR) is 81.4 cm³/mol. The summed E-state index contributed by atoms with van der Waals surface area (Å²) in [6.07, 6.45) is 2.62. The van der Waals surface area contributed by atoms with Gasteiger partial charge in [-0.2, -0.15) is 0 Å². The molecule has 0 saturated carbocycles. The first kappa shape index (κ1) is 22.1. The van der Waals surface area contributed by atoms with E-state index in [9.17, 15) is 13.6 Å². The molecule has 0 radical (unpaired) electrons. The normalized spacial score (nSPS) is 10.3. The number of rotatable bonds is 3. The molecule has 2 aromatic rings. The molecule has 1 aromatic heterocycles. The SMILES string of the molecule is CC(=O)/C=C(/C)O.OCc1ccnc(-c2[c-]cc(F)cc2F)c1.[Pt]. The van der Waals surface area contributed by atoms with Crippen LogP contribution in [0.4, 0.5) is 8.78 Å². The first-order valence-electron chi connectivity index (χ1n) is 6.64. The number of halogens is 2. The van der Waals surface area contributed by atoms with Gasteiger partial charge in [0.05, 0.1) is 12.4 Å². The second kappa shape index (κ2) is 10.8. The Morgan fingerprint density at radius 3 is 2.46 bits per heavy atom. The van der Waals surface area contributed by atoms with Gasteiger partial charge in [0, 0.05) is 45.0 Å². The number of allylic oxidation sites excluding steroid dienone is 2. The van der Waals surface area contributed by atoms with Crippen LogP contribution in [0.2, 0.25) is 0 Å². The van der Waals surface area contributed by atoms with Crippen molar-refractivity contribution in [3.05, 3.63) is 65.6 Å². The number of pyridine rings is 1. The van der Waals surface area contributed by atoms with Crippen LogP contribution < -0.4 is 0 Å². The maximum absolute atomic E-state index is 13.4. The largest absolute Gasteiger partial charge is 0.512 e. The van der Waals surface area contributed by atoms with Crippen LogP contribution >= 0.6 is 0 Å². The van der Waals surface area contributed by atoms with Crippen molar-refractivity contribution < 1.29 is 44.9 Å². The van der Waals surface area contributed by atoms with Crippen LogP contribution in [0, 0.1) is 17.7 Å². The summed E-state index contributed by atoms with van der Waals surface area (Å²) in [5.74, 6) is -1.46. The van der Waals surface area contributed by atoms with Gasteiger partial charge in [0.25, 0.3) is 0 Å². The number of nitrogens with zero attached hydrogens (tertiary/aromatic N) is 1. The van der Waals surface area contributed by atoms with Crippen LogP contribution in [0.15, 0.2) is 42.3 Å². The summed E-state index contributed by atoms with van der Waals surface area (Å²) >= 11 is 0. The summed E-state index contributed by atoms with van der Waals surface area (Å²) in [7, 11) is 0. The number of aliphatic hydroxyl groups excluding tert-OH is 2. The van der Waals surface area contributed by atoms with Crippen LogP contribution in [-0.2, 0) is 32.5 Å². The number of aliphatic hydroxyl groups is 2. The van der Waals surface area contributed by atoms with Gasteiger partial charge in [0.1, 0.15) is 0 Å². The zero-order chi connectivity index (χ0) is 17.4. The van der Waals surface area contributed by atoms with Crippen molar-refractivity contribution in [3.8, 4) is 11.3 Å². The van der Waals surface area contributed by atoms with Crippen LogP contribution in [0.25, 0.3) is 11.3 Å². The molecular weight excluding hydrogens is 499 g/mol. The van der Waals surface area contributed by atoms with Crippen molar-refractivity contribution in [2.45, 2.75) is 20.5 Å². The van der Waals surface area contributed by atoms with Gasteiger partial charge in [-0.15, -0.1) is 12.1 Å². The third kappa shape index (κ3) is 7.57. The Morgan fingerprint density at radius 1 is 1.33 bits per heavy atom. The Bertz CT molecular complexity index is 717. The summed E-state index contributed by atoms with van der Waals surface area (Å²) in [5, 5.41) is 17.3. The molecule has 1 aromatic carbocycles. The monoisotopic (exact) mass is 515 g/mol. The average molecular weight is 515 g/mol. The summed E-state index contributed by atoms with van der Waals surface area (Å²) in [5.41, 5.74) is 1.03. The van der Waals surface area contributed by atoms with Gasteiger partial charge in [0.15, 0.2) is 5.78 Å². The third-order valence-electron chi connectivity index (χ3n) is 2.53. The smallest absolute Gasteiger partial charge is 0.155 e. The van der Waals surface area contributed by atoms with E-state index in [1.165, 1.54) is 32.2 Å². The molecule has 0 aliphatic heterocycles. The first-order valence-corrected chi connectivity index (χ1v) is 6.64. The number of carbonyl (C=O) groups is 1. The molecule has 24 heavy (non-hydrogen) atoms. The molecule has 1 heterocycles. The predicted octanol–water partition coefficient (Wildman–Crippen LogP) is 3.35. The number of aromatic nitrogens is 1. The van der Waals surface area contributed by atoms with Gasteiger partial charge in [-0.05, 0) is 31.2 Å². The second-order valence-electron chi connectivity index (χ2n) is 4.64. The summed E-state index contributed by atoms with van der Waals surface area (Å²) in [4.78, 5) is 14.0. The van der Waals surface area contributed by atoms with Crippen molar-refractivity contribution in [1.29, 1.82) is 0 Å². The van der Waals surface area contributed by atoms with Crippen molar-refractivity contribution in [2.75, 3.05) is 0 Å². The molecule has 0 saturated heterocycles. The van der Waals surface area contributed by atoms with E-state index in [-0.39, 0.29) is 44.8 Å². The summed E-state index contributed by atoms with van der Waals surface area (Å²) in [6.45, 7) is 2.69. The fraction of sp³-hybridized carbons (Fsp3) is 0.176. The minimum Gasteiger partial charge on any atom is -0.512 e. The summed E-state index contributed by atoms with van der Waals surface area (Å²) < 4.78 is 26.1. The van der Waals surface area contributed by atoms with E-state index >= 15 is 0 Å². The van der Waals surface area contributed by atoms with Crippen LogP contribution in [0.5, 0.6) is 0 Å². The molecular formula is C17H16F2NO3Pt-. The molecule has 0 amide bonds. The molecule has 0 bridgehead atoms. The van der Waals surface area contributed by atoms with E-state index in [0.717, 1.165) is 12.1 Å². The number of benzene rings is 1. The minimum absolute atomic E-state index is 0. The van der Waals surface area contributed by atoms with Gasteiger partial charge in [-0.1, -0.05) is 17.7 Å². The topological polar surface area (TPSA) is 70.4 Å². The van der Waals surface area contributed by atoms with E-state index in [0.29, 0.717) is 11.3 Å². The molecule has 0 atom stereocenters. The first-order chi connectivity index (χ1) is 10.8. The molecule has 132 valence electrons. The van der Waals surface area contributed by atoms with E-state index in [2.05, 4.69) is 11.1 Å². The maximum atomic E-state index is 13.4. The van der Waals surface area contributed by atoms with Gasteiger partial charge < -0.3 is 15.2 Å². The van der Waals surface area contributed by atoms with E-state index in [1.807, 2.05) is 0 Å². The zero-order valence-corrected chi connectivity index (χ0v) is 15.3. The maximum Gasteiger partial charge on any atom is 0.155 e. The quantitative estimate of drug-likeness (QED) is 0.374. The molecule has 7 heteroatoms. The Morgan fingerprint density at radius 2 is 2.00 bits per heavy atom. The number of ketones is 1. The number of hydrogen-bond acceptors (Lipinski definition) is 4. The van der Waals surface area contributed by atoms with E-state index < -0.39 is 11.6 Å². The molecule has 0 aliphatic rings. The number of hydrogen-bond donors (Lipinski definition) is 2. The molecule has 4 nitrogen and oxygen atoms in total. The fourth-order valence-corrected chi connectivity index (χ4v) is 1.64. The van der Waals surface area contributed by atoms with Gasteiger partial charge in [-0.3, -0.25) is 13.6 Å². The summed E-state index contributed by atoms with van der Waals surface area (Å²) in [6, 6.07) is 7.45. The van der Waals surface area contributed by atoms with Gasteiger partial charge >= 0.3 is 0 Å². The average Bonchev–Trinajstić information content (AvgIpc) is 2.46. The van der Waals surface area contributed by atoms with E-state index in [1.54, 1.807) is 6.07 Å². The Labute approximate surface area is 153 Å². The molecule has 2 N–H and O–H groups in total. The fourth-order valence-electron chi connectivity index (χ4n) is 1.64. The van der Waals surface area contributed by atoms with Crippen molar-refractivity contribution in [3.63, 3.8) is 0 Å². The van der Waals surface area contributed by atoms with E-state index in [4.69, 9.17) is 10.2 Å². The molecule has 0 fully saturated rings. The van der Waals surface area contributed by atoms with Crippen LogP contribution in [0.1, 0.15) is 19.4 Å². The molecule has 0 unspecified atom stereocenters. The van der Waals surface area contributed by atoms with Crippen molar-refractivity contribution >= 4 is 5.78 Å². The third-order valence-corrected chi connectivity index (χ3v) is 2.53. The second-order valence-corrected chi connectivity index (χ2v) is 4.64. The Kier molecular flexibility index (Phi) is 9.93. The molecule has 0 aliphatic carbocycles. The minimum atomic E-state index is -0.720. The van der Waals surface area contributed by atoms with Gasteiger partial charge in [0.2, 0.25) is 0 Å². The van der Waals surface area contributed by atoms with Crippen LogP contribution in [-0.4, -0.2) is 21.0 Å². The zero-order valence-electron chi connectivity index (χ0n) is 13.0. The number of carbonyl (C=O) groups excluding carboxylic acids is 1. The standard InChI is InChI=1S/C12H8F2NO.C5H8O2.Pt/c13-9-1-2-10(11(14)6-9)12-5-8(7-16)3-4-15-12;1-4(6)3-5(2)7;/h1,3-6,16H,7H2;3,6H,1-2H3;/q-1;;/b;4-3-;. The van der Waals surface area contributed by atoms with Crippen molar-refractivity contribution in [1.82, 2.24) is 4.98 Å². The molecule has 0 spiro atoms. The van der Waals surface area contributed by atoms with Crippen LogP contribution in [0.3, 0.4) is 0 Å².